The number of carbonyl (C=O) groups is 2. The summed E-state index contributed by atoms with van der Waals surface area (Å²) in [5.41, 5.74) is 1.59. The molecule has 0 N–H and O–H groups in total. The molecule has 10 heteroatoms. The van der Waals surface area contributed by atoms with E-state index in [2.05, 4.69) is 4.99 Å². The van der Waals surface area contributed by atoms with E-state index >= 15 is 0 Å². The molecule has 180 valence electrons. The number of esters is 2. The van der Waals surface area contributed by atoms with Gasteiger partial charge in [0.1, 0.15) is 6.04 Å². The van der Waals surface area contributed by atoms with Crippen molar-refractivity contribution in [1.82, 2.24) is 4.57 Å². The molecular weight excluding hydrogens is 492 g/mol. The van der Waals surface area contributed by atoms with E-state index in [1.165, 1.54) is 37.0 Å². The van der Waals surface area contributed by atoms with Gasteiger partial charge in [-0.05, 0) is 42.3 Å². The Hall–Kier alpha value is -3.69. The van der Waals surface area contributed by atoms with Gasteiger partial charge in [-0.25, -0.2) is 9.79 Å². The molecule has 0 amide bonds. The van der Waals surface area contributed by atoms with Crippen molar-refractivity contribution < 1.29 is 23.8 Å². The predicted molar refractivity (Wildman–Crippen MR) is 132 cm³/mol. The topological polar surface area (TPSA) is 96.2 Å². The molecule has 0 aliphatic carbocycles. The molecule has 1 atom stereocenters. The van der Waals surface area contributed by atoms with Crippen LogP contribution in [0.4, 0.5) is 0 Å². The van der Waals surface area contributed by atoms with Crippen LogP contribution in [0.5, 0.6) is 11.5 Å². The minimum absolute atomic E-state index is 0.243. The van der Waals surface area contributed by atoms with E-state index in [-0.39, 0.29) is 16.9 Å². The summed E-state index contributed by atoms with van der Waals surface area (Å²) in [4.78, 5) is 42.6. The molecule has 0 radical (unpaired) electrons. The van der Waals surface area contributed by atoms with Crippen molar-refractivity contribution in [3.8, 4) is 11.5 Å². The monoisotopic (exact) mass is 512 g/mol. The first-order valence-corrected chi connectivity index (χ1v) is 11.7. The number of methoxy groups -OCH3 is 2. The lowest BCUT2D eigenvalue weighted by Crippen LogP contribution is -2.39. The van der Waals surface area contributed by atoms with E-state index in [9.17, 15) is 14.4 Å². The number of allylic oxidation sites excluding steroid dienone is 1. The number of thiazole rings is 1. The highest BCUT2D eigenvalue weighted by molar-refractivity contribution is 7.07. The van der Waals surface area contributed by atoms with Crippen LogP contribution in [0.1, 0.15) is 31.0 Å². The highest BCUT2D eigenvalue weighted by Crippen LogP contribution is 2.34. The highest BCUT2D eigenvalue weighted by atomic mass is 35.5. The molecule has 0 fully saturated rings. The van der Waals surface area contributed by atoms with Crippen molar-refractivity contribution in [2.24, 2.45) is 4.99 Å². The normalized spacial score (nSPS) is 15.3. The van der Waals surface area contributed by atoms with Gasteiger partial charge >= 0.3 is 11.9 Å². The minimum Gasteiger partial charge on any atom is -0.493 e. The molecule has 35 heavy (non-hydrogen) atoms. The number of hydrogen-bond acceptors (Lipinski definition) is 8. The molecule has 2 heterocycles. The first-order valence-electron chi connectivity index (χ1n) is 10.5. The van der Waals surface area contributed by atoms with Gasteiger partial charge in [0.05, 0.1) is 30.0 Å². The molecule has 0 spiro atoms. The summed E-state index contributed by atoms with van der Waals surface area (Å²) < 4.78 is 17.3. The summed E-state index contributed by atoms with van der Waals surface area (Å²) in [6, 6.07) is 11.2. The number of fused-ring (bicyclic) bond motifs is 1. The number of ether oxygens (including phenoxy) is 3. The Labute approximate surface area is 209 Å². The van der Waals surface area contributed by atoms with Crippen LogP contribution in [0.2, 0.25) is 5.02 Å². The van der Waals surface area contributed by atoms with Gasteiger partial charge in [0.2, 0.25) is 0 Å². The summed E-state index contributed by atoms with van der Waals surface area (Å²) >= 11 is 7.67. The fourth-order valence-corrected chi connectivity index (χ4v) is 5.13. The number of halogens is 1. The van der Waals surface area contributed by atoms with Crippen LogP contribution < -0.4 is 24.4 Å². The van der Waals surface area contributed by atoms with Crippen molar-refractivity contribution >= 4 is 41.0 Å². The number of aromatic nitrogens is 1. The maximum Gasteiger partial charge on any atom is 0.338 e. The second-order valence-electron chi connectivity index (χ2n) is 7.60. The Morgan fingerprint density at radius 3 is 2.54 bits per heavy atom. The van der Waals surface area contributed by atoms with Gasteiger partial charge in [-0.2, -0.15) is 0 Å². The SMILES string of the molecule is COC(=O)C1=C(C)N=c2sc(=Cc3ccc(OC(C)=O)c(OC)c3)c(=O)n2[C@@H]1c1ccccc1Cl. The summed E-state index contributed by atoms with van der Waals surface area (Å²) in [5.74, 6) is -0.438. The standard InChI is InChI=1S/C25H21ClN2O6S/c1-13-21(24(31)33-4)22(16-7-5-6-8-17(16)26)28-23(30)20(35-25(28)27-13)12-15-9-10-18(34-14(2)29)19(11-15)32-3/h5-12,22H,1-4H3/t22-/m1/s1. The smallest absolute Gasteiger partial charge is 0.338 e. The number of nitrogens with zero attached hydrogens (tertiary/aromatic N) is 2. The second-order valence-corrected chi connectivity index (χ2v) is 9.02. The fourth-order valence-electron chi connectivity index (χ4n) is 3.85. The summed E-state index contributed by atoms with van der Waals surface area (Å²) in [5, 5.41) is 0.411. The van der Waals surface area contributed by atoms with Crippen molar-refractivity contribution in [3.05, 3.63) is 89.6 Å². The molecule has 3 aromatic rings. The Bertz CT molecular complexity index is 1550. The number of benzene rings is 2. The third-order valence-electron chi connectivity index (χ3n) is 5.37. The van der Waals surface area contributed by atoms with Gasteiger partial charge in [-0.15, -0.1) is 0 Å². The van der Waals surface area contributed by atoms with Gasteiger partial charge in [-0.1, -0.05) is 47.2 Å². The average Bonchev–Trinajstić information content (AvgIpc) is 3.13. The van der Waals surface area contributed by atoms with Crippen molar-refractivity contribution in [2.45, 2.75) is 19.9 Å². The van der Waals surface area contributed by atoms with E-state index in [1.54, 1.807) is 55.5 Å². The van der Waals surface area contributed by atoms with Crippen LogP contribution in [0, 0.1) is 0 Å². The van der Waals surface area contributed by atoms with Crippen LogP contribution in [-0.4, -0.2) is 30.7 Å². The number of carbonyl (C=O) groups excluding carboxylic acids is 2. The minimum atomic E-state index is -0.796. The maximum atomic E-state index is 13.6. The molecule has 0 saturated heterocycles. The van der Waals surface area contributed by atoms with Gasteiger partial charge in [0.15, 0.2) is 16.3 Å². The second kappa shape index (κ2) is 9.89. The number of rotatable bonds is 5. The molecule has 4 rings (SSSR count). The lowest BCUT2D eigenvalue weighted by molar-refractivity contribution is -0.136. The van der Waals surface area contributed by atoms with Crippen LogP contribution >= 0.6 is 22.9 Å². The van der Waals surface area contributed by atoms with Crippen LogP contribution in [0.15, 0.2) is 63.5 Å². The molecule has 0 bridgehead atoms. The van der Waals surface area contributed by atoms with E-state index in [1.807, 2.05) is 0 Å². The largest absolute Gasteiger partial charge is 0.493 e. The predicted octanol–water partition coefficient (Wildman–Crippen LogP) is 3.00. The summed E-state index contributed by atoms with van der Waals surface area (Å²) in [7, 11) is 2.74. The lowest BCUT2D eigenvalue weighted by atomic mass is 9.96. The Balaban J connectivity index is 1.92. The zero-order valence-corrected chi connectivity index (χ0v) is 20.9. The number of hydrogen-bond donors (Lipinski definition) is 0. The van der Waals surface area contributed by atoms with E-state index in [0.717, 1.165) is 0 Å². The highest BCUT2D eigenvalue weighted by Gasteiger charge is 2.34. The van der Waals surface area contributed by atoms with Crippen LogP contribution in [-0.2, 0) is 14.3 Å². The Kier molecular flexibility index (Phi) is 6.90. The quantitative estimate of drug-likeness (QED) is 0.385. The third kappa shape index (κ3) is 4.65. The van der Waals surface area contributed by atoms with E-state index in [4.69, 9.17) is 25.8 Å². The Morgan fingerprint density at radius 2 is 1.89 bits per heavy atom. The zero-order valence-electron chi connectivity index (χ0n) is 19.3. The zero-order chi connectivity index (χ0) is 25.3. The third-order valence-corrected chi connectivity index (χ3v) is 6.69. The molecule has 1 aromatic heterocycles. The first kappa shape index (κ1) is 24.4. The molecule has 1 aliphatic rings. The van der Waals surface area contributed by atoms with Gasteiger partial charge in [0.25, 0.3) is 5.56 Å². The fraction of sp³-hybridized carbons (Fsp3) is 0.200. The maximum absolute atomic E-state index is 13.6. The van der Waals surface area contributed by atoms with E-state index in [0.29, 0.717) is 36.9 Å². The molecule has 2 aromatic carbocycles. The first-order chi connectivity index (χ1) is 16.7. The van der Waals surface area contributed by atoms with Crippen molar-refractivity contribution in [3.63, 3.8) is 0 Å². The lowest BCUT2D eigenvalue weighted by Gasteiger charge is -2.25. The van der Waals surface area contributed by atoms with Gasteiger partial charge in [0, 0.05) is 11.9 Å². The summed E-state index contributed by atoms with van der Waals surface area (Å²) in [6.45, 7) is 3.00. The molecule has 0 unspecified atom stereocenters. The average molecular weight is 513 g/mol. The summed E-state index contributed by atoms with van der Waals surface area (Å²) in [6.07, 6.45) is 1.69. The van der Waals surface area contributed by atoms with Gasteiger partial charge < -0.3 is 14.2 Å². The molecule has 0 saturated carbocycles. The van der Waals surface area contributed by atoms with Crippen LogP contribution in [0.3, 0.4) is 0 Å². The van der Waals surface area contributed by atoms with Crippen molar-refractivity contribution in [2.75, 3.05) is 14.2 Å². The molecular formula is C25H21ClN2O6S. The van der Waals surface area contributed by atoms with Crippen molar-refractivity contribution in [1.29, 1.82) is 0 Å². The van der Waals surface area contributed by atoms with Gasteiger partial charge in [-0.3, -0.25) is 14.2 Å². The molecule has 8 nitrogen and oxygen atoms in total. The van der Waals surface area contributed by atoms with E-state index < -0.39 is 18.0 Å². The Morgan fingerprint density at radius 1 is 1.14 bits per heavy atom. The van der Waals surface area contributed by atoms with Crippen LogP contribution in [0.25, 0.3) is 6.08 Å². The molecule has 1 aliphatic heterocycles.